The average Bonchev–Trinajstić information content (AvgIpc) is 2.95. The first-order valence-electron chi connectivity index (χ1n) is 13.1. The molecule has 2 saturated heterocycles. The van der Waals surface area contributed by atoms with Gasteiger partial charge >= 0.3 is 0 Å². The van der Waals surface area contributed by atoms with Crippen LogP contribution in [0.1, 0.15) is 22.3 Å². The van der Waals surface area contributed by atoms with Crippen molar-refractivity contribution in [1.29, 1.82) is 0 Å². The van der Waals surface area contributed by atoms with E-state index in [1.807, 2.05) is 60.7 Å². The standard InChI is InChI=1S/C30H34N4O4/c35-29-23(5-3-7-25(29)21-33-11-15-37-16-12-33)19-31-27-9-1-2-10-28(27)32-20-24-6-4-8-26(30(24)36)22-34-13-17-38-18-14-34/h1-10,19-20,35-36H,11-18,21-22H2. The van der Waals surface area contributed by atoms with E-state index in [1.54, 1.807) is 12.4 Å². The number of benzene rings is 3. The van der Waals surface area contributed by atoms with Crippen molar-refractivity contribution in [3.05, 3.63) is 82.9 Å². The molecule has 5 rings (SSSR count). The highest BCUT2D eigenvalue weighted by Crippen LogP contribution is 2.30. The predicted octanol–water partition coefficient (Wildman–Crippen LogP) is 4.26. The average molecular weight is 515 g/mol. The van der Waals surface area contributed by atoms with Gasteiger partial charge in [0.2, 0.25) is 0 Å². The number of para-hydroxylation sites is 4. The van der Waals surface area contributed by atoms with E-state index in [0.29, 0.717) is 35.6 Å². The third-order valence-electron chi connectivity index (χ3n) is 6.86. The molecule has 0 aliphatic carbocycles. The van der Waals surface area contributed by atoms with Crippen LogP contribution in [0.4, 0.5) is 11.4 Å². The summed E-state index contributed by atoms with van der Waals surface area (Å²) >= 11 is 0. The molecule has 2 aliphatic heterocycles. The quantitative estimate of drug-likeness (QED) is 0.437. The minimum absolute atomic E-state index is 0.241. The number of hydrogen-bond acceptors (Lipinski definition) is 8. The zero-order chi connectivity index (χ0) is 26.2. The van der Waals surface area contributed by atoms with Crippen molar-refractivity contribution in [2.45, 2.75) is 13.1 Å². The Bertz CT molecular complexity index is 1180. The van der Waals surface area contributed by atoms with Crippen molar-refractivity contribution in [2.24, 2.45) is 9.98 Å². The fourth-order valence-electron chi connectivity index (χ4n) is 4.65. The van der Waals surface area contributed by atoms with Crippen molar-refractivity contribution in [3.8, 4) is 11.5 Å². The van der Waals surface area contributed by atoms with Crippen LogP contribution in [0.5, 0.6) is 11.5 Å². The van der Waals surface area contributed by atoms with E-state index in [0.717, 1.165) is 63.7 Å². The van der Waals surface area contributed by atoms with Gasteiger partial charge in [0.15, 0.2) is 0 Å². The van der Waals surface area contributed by atoms with Crippen molar-refractivity contribution in [1.82, 2.24) is 9.80 Å². The Labute approximate surface area is 223 Å². The molecule has 0 amide bonds. The first-order chi connectivity index (χ1) is 18.7. The molecule has 0 spiro atoms. The van der Waals surface area contributed by atoms with Crippen LogP contribution < -0.4 is 0 Å². The lowest BCUT2D eigenvalue weighted by molar-refractivity contribution is 0.0338. The zero-order valence-electron chi connectivity index (χ0n) is 21.5. The summed E-state index contributed by atoms with van der Waals surface area (Å²) in [6, 6.07) is 19.0. The Hall–Kier alpha value is -3.56. The minimum atomic E-state index is 0.241. The summed E-state index contributed by atoms with van der Waals surface area (Å²) < 4.78 is 10.8. The predicted molar refractivity (Wildman–Crippen MR) is 149 cm³/mol. The highest BCUT2D eigenvalue weighted by molar-refractivity contribution is 5.89. The molecule has 198 valence electrons. The highest BCUT2D eigenvalue weighted by atomic mass is 16.5. The van der Waals surface area contributed by atoms with Crippen molar-refractivity contribution >= 4 is 23.8 Å². The van der Waals surface area contributed by atoms with E-state index in [1.165, 1.54) is 0 Å². The summed E-state index contributed by atoms with van der Waals surface area (Å²) in [5.41, 5.74) is 4.39. The summed E-state index contributed by atoms with van der Waals surface area (Å²) in [6.07, 6.45) is 3.35. The molecule has 2 aliphatic rings. The molecule has 3 aromatic carbocycles. The molecule has 38 heavy (non-hydrogen) atoms. The summed E-state index contributed by atoms with van der Waals surface area (Å²) in [7, 11) is 0. The number of aromatic hydroxyl groups is 2. The SMILES string of the molecule is Oc1c(C=Nc2ccccc2N=Cc2cccc(CN3CCOCC3)c2O)cccc1CN1CCOCC1. The third kappa shape index (κ3) is 6.65. The van der Waals surface area contributed by atoms with Crippen LogP contribution in [0.2, 0.25) is 0 Å². The smallest absolute Gasteiger partial charge is 0.128 e. The van der Waals surface area contributed by atoms with E-state index >= 15 is 0 Å². The molecule has 2 heterocycles. The molecular weight excluding hydrogens is 480 g/mol. The molecule has 0 saturated carbocycles. The second-order valence-electron chi connectivity index (χ2n) is 9.49. The summed E-state index contributed by atoms with van der Waals surface area (Å²) in [6.45, 7) is 7.64. The Balaban J connectivity index is 1.31. The van der Waals surface area contributed by atoms with Crippen LogP contribution in [0.15, 0.2) is 70.6 Å². The number of hydrogen-bond donors (Lipinski definition) is 2. The van der Waals surface area contributed by atoms with Crippen molar-refractivity contribution in [3.63, 3.8) is 0 Å². The molecule has 3 aromatic rings. The lowest BCUT2D eigenvalue weighted by Gasteiger charge is -2.27. The van der Waals surface area contributed by atoms with E-state index in [2.05, 4.69) is 19.8 Å². The normalized spacial score (nSPS) is 17.5. The van der Waals surface area contributed by atoms with Crippen molar-refractivity contribution < 1.29 is 19.7 Å². The summed E-state index contributed by atoms with van der Waals surface area (Å²) in [4.78, 5) is 13.8. The number of ether oxygens (including phenoxy) is 2. The molecule has 2 fully saturated rings. The fraction of sp³-hybridized carbons (Fsp3) is 0.333. The number of phenolic OH excluding ortho intramolecular Hbond substituents is 2. The monoisotopic (exact) mass is 514 g/mol. The Morgan fingerprint density at radius 2 is 1.03 bits per heavy atom. The first-order valence-corrected chi connectivity index (χ1v) is 13.1. The van der Waals surface area contributed by atoms with Crippen LogP contribution in [-0.2, 0) is 22.6 Å². The Morgan fingerprint density at radius 3 is 1.45 bits per heavy atom. The van der Waals surface area contributed by atoms with Gasteiger partial charge in [0, 0.05) is 74.0 Å². The Morgan fingerprint density at radius 1 is 0.605 bits per heavy atom. The third-order valence-corrected chi connectivity index (χ3v) is 6.86. The maximum Gasteiger partial charge on any atom is 0.128 e. The first kappa shape index (κ1) is 26.1. The van der Waals surface area contributed by atoms with E-state index in [4.69, 9.17) is 9.47 Å². The van der Waals surface area contributed by atoms with Gasteiger partial charge in [0.25, 0.3) is 0 Å². The topological polar surface area (TPSA) is 90.1 Å². The van der Waals surface area contributed by atoms with Gasteiger partial charge in [-0.3, -0.25) is 19.8 Å². The zero-order valence-corrected chi connectivity index (χ0v) is 21.5. The largest absolute Gasteiger partial charge is 0.507 e. The maximum absolute atomic E-state index is 10.9. The van der Waals surface area contributed by atoms with Gasteiger partial charge in [-0.25, -0.2) is 0 Å². The summed E-state index contributed by atoms with van der Waals surface area (Å²) in [5.74, 6) is 0.483. The van der Waals surface area contributed by atoms with Gasteiger partial charge in [-0.2, -0.15) is 0 Å². The van der Waals surface area contributed by atoms with Crippen LogP contribution >= 0.6 is 0 Å². The molecule has 8 nitrogen and oxygen atoms in total. The summed E-state index contributed by atoms with van der Waals surface area (Å²) in [5, 5.41) is 21.8. The van der Waals surface area contributed by atoms with Crippen LogP contribution in [0.25, 0.3) is 0 Å². The van der Waals surface area contributed by atoms with Gasteiger partial charge in [-0.1, -0.05) is 36.4 Å². The number of phenols is 2. The maximum atomic E-state index is 10.9. The van der Waals surface area contributed by atoms with Crippen LogP contribution in [0, 0.1) is 0 Å². The number of aliphatic imine (C=N–C) groups is 2. The lowest BCUT2D eigenvalue weighted by Crippen LogP contribution is -2.35. The van der Waals surface area contributed by atoms with Gasteiger partial charge in [-0.15, -0.1) is 0 Å². The molecule has 2 N–H and O–H groups in total. The van der Waals surface area contributed by atoms with Gasteiger partial charge in [-0.05, 0) is 24.3 Å². The second kappa shape index (κ2) is 12.8. The molecule has 8 heteroatoms. The van der Waals surface area contributed by atoms with Gasteiger partial charge < -0.3 is 19.7 Å². The number of nitrogens with zero attached hydrogens (tertiary/aromatic N) is 4. The molecule has 0 unspecified atom stereocenters. The van der Waals surface area contributed by atoms with E-state index < -0.39 is 0 Å². The van der Waals surface area contributed by atoms with Gasteiger partial charge in [0.1, 0.15) is 11.5 Å². The van der Waals surface area contributed by atoms with Crippen LogP contribution in [-0.4, -0.2) is 85.0 Å². The highest BCUT2D eigenvalue weighted by Gasteiger charge is 2.15. The molecule has 0 bridgehead atoms. The molecule has 0 radical (unpaired) electrons. The second-order valence-corrected chi connectivity index (χ2v) is 9.49. The lowest BCUT2D eigenvalue weighted by atomic mass is 10.1. The number of rotatable bonds is 8. The van der Waals surface area contributed by atoms with Gasteiger partial charge in [0.05, 0.1) is 37.8 Å². The molecule has 0 atom stereocenters. The van der Waals surface area contributed by atoms with E-state index in [9.17, 15) is 10.2 Å². The van der Waals surface area contributed by atoms with Crippen molar-refractivity contribution in [2.75, 3.05) is 52.6 Å². The van der Waals surface area contributed by atoms with E-state index in [-0.39, 0.29) is 11.5 Å². The Kier molecular flexibility index (Phi) is 8.78. The molecular formula is C30H34N4O4. The number of morpholine rings is 2. The minimum Gasteiger partial charge on any atom is -0.507 e. The van der Waals surface area contributed by atoms with Crippen LogP contribution in [0.3, 0.4) is 0 Å². The molecule has 0 aromatic heterocycles. The fourth-order valence-corrected chi connectivity index (χ4v) is 4.65.